The molecule has 1 aliphatic rings. The number of ether oxygens (including phenoxy) is 1. The van der Waals surface area contributed by atoms with Crippen molar-refractivity contribution in [3.05, 3.63) is 46.0 Å². The molecular weight excluding hydrogens is 318 g/mol. The zero-order chi connectivity index (χ0) is 17.7. The number of esters is 1. The highest BCUT2D eigenvalue weighted by Gasteiger charge is 2.31. The summed E-state index contributed by atoms with van der Waals surface area (Å²) < 4.78 is 4.93. The molecule has 1 atom stereocenters. The first-order valence-electron chi connectivity index (χ1n) is 7.11. The van der Waals surface area contributed by atoms with Gasteiger partial charge in [0.2, 0.25) is 0 Å². The minimum absolute atomic E-state index is 0.153. The molecule has 0 spiro atoms. The predicted molar refractivity (Wildman–Crippen MR) is 82.8 cm³/mol. The average Bonchev–Trinajstić information content (AvgIpc) is 2.98. The van der Waals surface area contributed by atoms with Gasteiger partial charge < -0.3 is 10.1 Å². The van der Waals surface area contributed by atoms with Gasteiger partial charge in [-0.05, 0) is 19.1 Å². The Kier molecular flexibility index (Phi) is 5.25. The van der Waals surface area contributed by atoms with E-state index in [0.717, 1.165) is 11.0 Å². The maximum Gasteiger partial charge on any atom is 0.331 e. The highest BCUT2D eigenvalue weighted by Crippen LogP contribution is 2.19. The fourth-order valence-corrected chi connectivity index (χ4v) is 2.12. The van der Waals surface area contributed by atoms with E-state index in [9.17, 15) is 24.5 Å². The van der Waals surface area contributed by atoms with E-state index in [-0.39, 0.29) is 17.8 Å². The fourth-order valence-electron chi connectivity index (χ4n) is 2.12. The lowest BCUT2D eigenvalue weighted by atomic mass is 10.1. The number of para-hydroxylation sites is 1. The summed E-state index contributed by atoms with van der Waals surface area (Å²) in [4.78, 5) is 46.4. The SMILES string of the molecule is CC(OC(=O)/C=C/c1ccccc1[N+](=O)[O-])C(=O)N1CCNC1=O. The predicted octanol–water partition coefficient (Wildman–Crippen LogP) is 1.09. The third-order valence-electron chi connectivity index (χ3n) is 3.30. The molecule has 1 saturated heterocycles. The zero-order valence-corrected chi connectivity index (χ0v) is 12.8. The molecule has 9 nitrogen and oxygen atoms in total. The molecule has 9 heteroatoms. The average molecular weight is 333 g/mol. The van der Waals surface area contributed by atoms with Crippen LogP contribution in [0.2, 0.25) is 0 Å². The highest BCUT2D eigenvalue weighted by molar-refractivity contribution is 5.99. The van der Waals surface area contributed by atoms with E-state index in [0.29, 0.717) is 6.54 Å². The molecule has 0 aliphatic carbocycles. The minimum Gasteiger partial charge on any atom is -0.449 e. The number of nitro groups is 1. The zero-order valence-electron chi connectivity index (χ0n) is 12.8. The number of hydrogen-bond acceptors (Lipinski definition) is 6. The number of amides is 3. The molecule has 0 saturated carbocycles. The first-order valence-corrected chi connectivity index (χ1v) is 7.11. The number of carbonyl (C=O) groups excluding carboxylic acids is 3. The van der Waals surface area contributed by atoms with E-state index in [1.807, 2.05) is 0 Å². The summed E-state index contributed by atoms with van der Waals surface area (Å²) in [6.45, 7) is 1.92. The van der Waals surface area contributed by atoms with Crippen LogP contribution in [-0.4, -0.2) is 46.9 Å². The van der Waals surface area contributed by atoms with Gasteiger partial charge in [-0.25, -0.2) is 9.59 Å². The summed E-state index contributed by atoms with van der Waals surface area (Å²) in [5.41, 5.74) is 0.0803. The molecule has 1 heterocycles. The van der Waals surface area contributed by atoms with Crippen LogP contribution in [0.3, 0.4) is 0 Å². The summed E-state index contributed by atoms with van der Waals surface area (Å²) in [6.07, 6.45) is 1.09. The molecule has 0 bridgehead atoms. The topological polar surface area (TPSA) is 119 Å². The second kappa shape index (κ2) is 7.36. The van der Waals surface area contributed by atoms with Crippen molar-refractivity contribution in [2.75, 3.05) is 13.1 Å². The summed E-state index contributed by atoms with van der Waals surface area (Å²) in [6, 6.07) is 5.36. The van der Waals surface area contributed by atoms with Crippen LogP contribution >= 0.6 is 0 Å². The van der Waals surface area contributed by atoms with Gasteiger partial charge in [0, 0.05) is 25.2 Å². The van der Waals surface area contributed by atoms with Crippen molar-refractivity contribution in [3.8, 4) is 0 Å². The second-order valence-corrected chi connectivity index (χ2v) is 4.95. The number of urea groups is 1. The van der Waals surface area contributed by atoms with Gasteiger partial charge in [0.25, 0.3) is 11.6 Å². The lowest BCUT2D eigenvalue weighted by Crippen LogP contribution is -2.41. The molecule has 1 N–H and O–H groups in total. The fraction of sp³-hybridized carbons (Fsp3) is 0.267. The minimum atomic E-state index is -1.14. The molecule has 2 rings (SSSR count). The van der Waals surface area contributed by atoms with Gasteiger partial charge in [0.15, 0.2) is 6.10 Å². The molecule has 1 unspecified atom stereocenters. The first kappa shape index (κ1) is 17.1. The normalized spacial score (nSPS) is 15.2. The van der Waals surface area contributed by atoms with Crippen molar-refractivity contribution in [1.29, 1.82) is 0 Å². The van der Waals surface area contributed by atoms with Crippen LogP contribution in [0.25, 0.3) is 6.08 Å². The second-order valence-electron chi connectivity index (χ2n) is 4.95. The summed E-state index contributed by atoms with van der Waals surface area (Å²) in [5, 5.41) is 13.3. The summed E-state index contributed by atoms with van der Waals surface area (Å²) in [5.74, 6) is -1.47. The molecule has 1 fully saturated rings. The number of nitrogens with one attached hydrogen (secondary N) is 1. The van der Waals surface area contributed by atoms with E-state index >= 15 is 0 Å². The van der Waals surface area contributed by atoms with E-state index in [4.69, 9.17) is 4.74 Å². The van der Waals surface area contributed by atoms with Gasteiger partial charge in [-0.15, -0.1) is 0 Å². The third-order valence-corrected chi connectivity index (χ3v) is 3.30. The molecule has 1 aromatic rings. The van der Waals surface area contributed by atoms with Crippen LogP contribution in [-0.2, 0) is 14.3 Å². The van der Waals surface area contributed by atoms with Crippen LogP contribution in [0.15, 0.2) is 30.3 Å². The van der Waals surface area contributed by atoms with Crippen molar-refractivity contribution in [2.45, 2.75) is 13.0 Å². The number of imide groups is 1. The molecule has 1 aromatic carbocycles. The molecular formula is C15H15N3O6. The molecule has 3 amide bonds. The summed E-state index contributed by atoms with van der Waals surface area (Å²) in [7, 11) is 0. The maximum absolute atomic E-state index is 12.0. The van der Waals surface area contributed by atoms with Crippen LogP contribution in [0, 0.1) is 10.1 Å². The largest absolute Gasteiger partial charge is 0.449 e. The van der Waals surface area contributed by atoms with E-state index in [1.165, 1.54) is 31.2 Å². The smallest absolute Gasteiger partial charge is 0.331 e. The number of carbonyl (C=O) groups is 3. The molecule has 1 aliphatic heterocycles. The van der Waals surface area contributed by atoms with Crippen molar-refractivity contribution in [1.82, 2.24) is 10.2 Å². The van der Waals surface area contributed by atoms with Crippen LogP contribution < -0.4 is 5.32 Å². The van der Waals surface area contributed by atoms with Crippen LogP contribution in [0.4, 0.5) is 10.5 Å². The van der Waals surface area contributed by atoms with E-state index < -0.39 is 28.9 Å². The van der Waals surface area contributed by atoms with E-state index in [1.54, 1.807) is 6.07 Å². The lowest BCUT2D eigenvalue weighted by molar-refractivity contribution is -0.385. The number of rotatable bonds is 5. The number of benzene rings is 1. The molecule has 126 valence electrons. The Labute approximate surface area is 137 Å². The van der Waals surface area contributed by atoms with Gasteiger partial charge in [-0.3, -0.25) is 19.8 Å². The van der Waals surface area contributed by atoms with Gasteiger partial charge in [-0.1, -0.05) is 12.1 Å². The summed E-state index contributed by atoms with van der Waals surface area (Å²) >= 11 is 0. The quantitative estimate of drug-likeness (QED) is 0.373. The highest BCUT2D eigenvalue weighted by atomic mass is 16.6. The van der Waals surface area contributed by atoms with Gasteiger partial charge in [0.05, 0.1) is 10.5 Å². The lowest BCUT2D eigenvalue weighted by Gasteiger charge is -2.17. The van der Waals surface area contributed by atoms with Gasteiger partial charge in [0.1, 0.15) is 0 Å². The Morgan fingerprint density at radius 2 is 2.12 bits per heavy atom. The Balaban J connectivity index is 1.99. The Bertz CT molecular complexity index is 715. The van der Waals surface area contributed by atoms with Gasteiger partial charge in [-0.2, -0.15) is 0 Å². The molecule has 24 heavy (non-hydrogen) atoms. The molecule has 0 radical (unpaired) electrons. The van der Waals surface area contributed by atoms with Crippen molar-refractivity contribution >= 4 is 29.7 Å². The van der Waals surface area contributed by atoms with Crippen molar-refractivity contribution < 1.29 is 24.0 Å². The standard InChI is InChI=1S/C15H15N3O6/c1-10(14(20)17-9-8-16-15(17)21)24-13(19)7-6-11-4-2-3-5-12(11)18(22)23/h2-7,10H,8-9H2,1H3,(H,16,21)/b7-6+. The molecule has 0 aromatic heterocycles. The Morgan fingerprint density at radius 1 is 1.42 bits per heavy atom. The Morgan fingerprint density at radius 3 is 2.75 bits per heavy atom. The third kappa shape index (κ3) is 3.94. The number of hydrogen-bond donors (Lipinski definition) is 1. The number of nitro benzene ring substituents is 1. The monoisotopic (exact) mass is 333 g/mol. The number of nitrogens with zero attached hydrogens (tertiary/aromatic N) is 2. The maximum atomic E-state index is 12.0. The Hall–Kier alpha value is -3.23. The van der Waals surface area contributed by atoms with Gasteiger partial charge >= 0.3 is 12.0 Å². The first-order chi connectivity index (χ1) is 11.4. The van der Waals surface area contributed by atoms with E-state index in [2.05, 4.69) is 5.32 Å². The van der Waals surface area contributed by atoms with Crippen molar-refractivity contribution in [3.63, 3.8) is 0 Å². The van der Waals surface area contributed by atoms with Crippen LogP contribution in [0.5, 0.6) is 0 Å². The van der Waals surface area contributed by atoms with Crippen molar-refractivity contribution in [2.24, 2.45) is 0 Å². The van der Waals surface area contributed by atoms with Crippen LogP contribution in [0.1, 0.15) is 12.5 Å².